The monoisotopic (exact) mass is 252 g/mol. The summed E-state index contributed by atoms with van der Waals surface area (Å²) in [6.07, 6.45) is 5.91. The highest BCUT2D eigenvalue weighted by molar-refractivity contribution is 4.91. The van der Waals surface area contributed by atoms with Crippen molar-refractivity contribution in [3.05, 3.63) is 11.6 Å². The maximum atomic E-state index is 5.20. The zero-order chi connectivity index (χ0) is 12.8. The third-order valence-corrected chi connectivity index (χ3v) is 3.65. The van der Waals surface area contributed by atoms with Crippen molar-refractivity contribution >= 4 is 0 Å². The number of ether oxygens (including phenoxy) is 1. The van der Waals surface area contributed by atoms with Gasteiger partial charge in [0.2, 0.25) is 0 Å². The van der Waals surface area contributed by atoms with Gasteiger partial charge < -0.3 is 4.74 Å². The number of aromatic nitrogens is 3. The maximum Gasteiger partial charge on any atom is 0.150 e. The van der Waals surface area contributed by atoms with Crippen molar-refractivity contribution in [2.24, 2.45) is 0 Å². The van der Waals surface area contributed by atoms with Crippen LogP contribution in [0.4, 0.5) is 0 Å². The molecular weight excluding hydrogens is 228 g/mol. The largest absolute Gasteiger partial charge is 0.385 e. The highest BCUT2D eigenvalue weighted by atomic mass is 16.5. The zero-order valence-corrected chi connectivity index (χ0v) is 11.5. The number of hydrogen-bond acceptors (Lipinski definition) is 4. The standard InChI is InChI=1S/C13H24N4O/c1-3-12-14-13(16-15-12)10-17-8-5-4-6-11(17)7-9-18-2/h11H,3-10H2,1-2H3,(H,14,15,16)/t11-/m1/s1. The van der Waals surface area contributed by atoms with Crippen LogP contribution in [0, 0.1) is 0 Å². The van der Waals surface area contributed by atoms with Gasteiger partial charge in [-0.25, -0.2) is 4.98 Å². The summed E-state index contributed by atoms with van der Waals surface area (Å²) < 4.78 is 5.20. The van der Waals surface area contributed by atoms with Gasteiger partial charge in [0.05, 0.1) is 6.54 Å². The van der Waals surface area contributed by atoms with Gasteiger partial charge in [0.15, 0.2) is 0 Å². The van der Waals surface area contributed by atoms with E-state index >= 15 is 0 Å². The van der Waals surface area contributed by atoms with E-state index < -0.39 is 0 Å². The minimum Gasteiger partial charge on any atom is -0.385 e. The van der Waals surface area contributed by atoms with E-state index in [2.05, 4.69) is 27.0 Å². The van der Waals surface area contributed by atoms with Crippen LogP contribution in [0.2, 0.25) is 0 Å². The summed E-state index contributed by atoms with van der Waals surface area (Å²) in [5, 5.41) is 7.25. The number of aromatic amines is 1. The number of piperidine rings is 1. The van der Waals surface area contributed by atoms with Crippen LogP contribution in [0.5, 0.6) is 0 Å². The Balaban J connectivity index is 1.91. The first-order valence-electron chi connectivity index (χ1n) is 6.96. The lowest BCUT2D eigenvalue weighted by molar-refractivity contribution is 0.0953. The number of hydrogen-bond donors (Lipinski definition) is 1. The second kappa shape index (κ2) is 6.85. The first-order valence-corrected chi connectivity index (χ1v) is 6.96. The van der Waals surface area contributed by atoms with Crippen molar-refractivity contribution in [2.45, 2.75) is 51.6 Å². The molecule has 1 aromatic rings. The van der Waals surface area contributed by atoms with E-state index in [4.69, 9.17) is 4.74 Å². The Bertz CT molecular complexity index is 353. The van der Waals surface area contributed by atoms with Crippen LogP contribution in [0.25, 0.3) is 0 Å². The van der Waals surface area contributed by atoms with Gasteiger partial charge in [0, 0.05) is 26.2 Å². The van der Waals surface area contributed by atoms with Crippen molar-refractivity contribution in [1.29, 1.82) is 0 Å². The summed E-state index contributed by atoms with van der Waals surface area (Å²) in [4.78, 5) is 7.01. The molecule has 1 aromatic heterocycles. The molecule has 102 valence electrons. The van der Waals surface area contributed by atoms with Gasteiger partial charge in [-0.15, -0.1) is 0 Å². The van der Waals surface area contributed by atoms with E-state index in [1.54, 1.807) is 7.11 Å². The van der Waals surface area contributed by atoms with Crippen molar-refractivity contribution in [1.82, 2.24) is 20.1 Å². The molecule has 5 heteroatoms. The molecule has 0 bridgehead atoms. The van der Waals surface area contributed by atoms with Crippen LogP contribution >= 0.6 is 0 Å². The lowest BCUT2D eigenvalue weighted by atomic mass is 10.00. The van der Waals surface area contributed by atoms with Crippen LogP contribution in [-0.4, -0.2) is 46.4 Å². The second-order valence-electron chi connectivity index (χ2n) is 4.95. The fourth-order valence-electron chi connectivity index (χ4n) is 2.60. The Morgan fingerprint density at radius 2 is 2.33 bits per heavy atom. The summed E-state index contributed by atoms with van der Waals surface area (Å²) in [7, 11) is 1.77. The molecule has 1 aliphatic heterocycles. The van der Waals surface area contributed by atoms with Crippen LogP contribution in [-0.2, 0) is 17.7 Å². The fraction of sp³-hybridized carbons (Fsp3) is 0.846. The summed E-state index contributed by atoms with van der Waals surface area (Å²) in [5.74, 6) is 1.91. The van der Waals surface area contributed by atoms with E-state index in [1.807, 2.05) is 0 Å². The molecule has 0 unspecified atom stereocenters. The van der Waals surface area contributed by atoms with Gasteiger partial charge in [0.1, 0.15) is 11.6 Å². The van der Waals surface area contributed by atoms with Crippen molar-refractivity contribution in [3.63, 3.8) is 0 Å². The number of aryl methyl sites for hydroxylation is 1. The van der Waals surface area contributed by atoms with E-state index in [1.165, 1.54) is 19.3 Å². The third kappa shape index (κ3) is 3.53. The number of nitrogens with zero attached hydrogens (tertiary/aromatic N) is 3. The predicted octanol–water partition coefficient (Wildman–Crippen LogP) is 1.76. The van der Waals surface area contributed by atoms with Crippen molar-refractivity contribution in [2.75, 3.05) is 20.3 Å². The van der Waals surface area contributed by atoms with E-state index in [9.17, 15) is 0 Å². The molecule has 0 saturated carbocycles. The van der Waals surface area contributed by atoms with Gasteiger partial charge in [-0.1, -0.05) is 13.3 Å². The van der Waals surface area contributed by atoms with Gasteiger partial charge in [0.25, 0.3) is 0 Å². The van der Waals surface area contributed by atoms with Crippen molar-refractivity contribution < 1.29 is 4.74 Å². The van der Waals surface area contributed by atoms with Gasteiger partial charge in [-0.3, -0.25) is 10.00 Å². The summed E-state index contributed by atoms with van der Waals surface area (Å²) in [6.45, 7) is 4.98. The first-order chi connectivity index (χ1) is 8.83. The van der Waals surface area contributed by atoms with E-state index in [0.717, 1.165) is 44.2 Å². The highest BCUT2D eigenvalue weighted by Crippen LogP contribution is 2.21. The first kappa shape index (κ1) is 13.5. The topological polar surface area (TPSA) is 54.0 Å². The highest BCUT2D eigenvalue weighted by Gasteiger charge is 2.23. The lowest BCUT2D eigenvalue weighted by Crippen LogP contribution is -2.39. The molecule has 0 radical (unpaired) electrons. The zero-order valence-electron chi connectivity index (χ0n) is 11.5. The summed E-state index contributed by atoms with van der Waals surface area (Å²) in [6, 6.07) is 0.633. The molecule has 0 aromatic carbocycles. The maximum absolute atomic E-state index is 5.20. The van der Waals surface area contributed by atoms with E-state index in [0.29, 0.717) is 6.04 Å². The SMILES string of the molecule is CCc1n[nH]c(CN2CCCC[C@@H]2CCOC)n1. The van der Waals surface area contributed by atoms with E-state index in [-0.39, 0.29) is 0 Å². The molecule has 1 N–H and O–H groups in total. The molecule has 0 amide bonds. The molecule has 5 nitrogen and oxygen atoms in total. The number of nitrogens with one attached hydrogen (secondary N) is 1. The lowest BCUT2D eigenvalue weighted by Gasteiger charge is -2.34. The Morgan fingerprint density at radius 1 is 1.44 bits per heavy atom. The van der Waals surface area contributed by atoms with Crippen LogP contribution in [0.3, 0.4) is 0 Å². The van der Waals surface area contributed by atoms with Crippen molar-refractivity contribution in [3.8, 4) is 0 Å². The average molecular weight is 252 g/mol. The Morgan fingerprint density at radius 3 is 3.06 bits per heavy atom. The van der Waals surface area contributed by atoms with Gasteiger partial charge >= 0.3 is 0 Å². The predicted molar refractivity (Wildman–Crippen MR) is 70.3 cm³/mol. The minimum atomic E-state index is 0.633. The molecular formula is C13H24N4O. The Labute approximate surface area is 109 Å². The number of rotatable bonds is 6. The Hall–Kier alpha value is -0.940. The molecule has 2 rings (SSSR count). The number of H-pyrrole nitrogens is 1. The molecule has 1 fully saturated rings. The normalized spacial score (nSPS) is 21.3. The summed E-state index contributed by atoms with van der Waals surface area (Å²) >= 11 is 0. The molecule has 18 heavy (non-hydrogen) atoms. The van der Waals surface area contributed by atoms with Crippen LogP contribution in [0.1, 0.15) is 44.3 Å². The third-order valence-electron chi connectivity index (χ3n) is 3.65. The molecule has 0 spiro atoms. The van der Waals surface area contributed by atoms with Gasteiger partial charge in [-0.05, 0) is 25.8 Å². The quantitative estimate of drug-likeness (QED) is 0.838. The fourth-order valence-corrected chi connectivity index (χ4v) is 2.60. The average Bonchev–Trinajstić information content (AvgIpc) is 2.85. The molecule has 0 aliphatic carbocycles. The smallest absolute Gasteiger partial charge is 0.150 e. The van der Waals surface area contributed by atoms with Gasteiger partial charge in [-0.2, -0.15) is 5.10 Å². The molecule has 1 atom stereocenters. The number of methoxy groups -OCH3 is 1. The molecule has 1 saturated heterocycles. The summed E-state index contributed by atoms with van der Waals surface area (Å²) in [5.41, 5.74) is 0. The van der Waals surface area contributed by atoms with Crippen LogP contribution < -0.4 is 0 Å². The van der Waals surface area contributed by atoms with Crippen LogP contribution in [0.15, 0.2) is 0 Å². The number of likely N-dealkylation sites (tertiary alicyclic amines) is 1. The Kier molecular flexibility index (Phi) is 5.13. The second-order valence-corrected chi connectivity index (χ2v) is 4.95. The molecule has 1 aliphatic rings. The molecule has 2 heterocycles. The minimum absolute atomic E-state index is 0.633.